The van der Waals surface area contributed by atoms with Crippen molar-refractivity contribution in [3.05, 3.63) is 33.3 Å². The van der Waals surface area contributed by atoms with Crippen LogP contribution in [0.2, 0.25) is 5.02 Å². The Hall–Kier alpha value is -1.62. The second-order valence-electron chi connectivity index (χ2n) is 5.86. The zero-order chi connectivity index (χ0) is 14.9. The standard InChI is InChI=1S/C14H18ClN3O2/c1-10(2)7-14(3)8-17(9-16-14)13-5-4-11(18(19)20)6-12(13)15/h4-6,9-10H,7-8H2,1-3H3/t14-/m0/s1. The number of rotatable bonds is 4. The molecule has 0 amide bonds. The van der Waals surface area contributed by atoms with Gasteiger partial charge in [0.15, 0.2) is 0 Å². The lowest BCUT2D eigenvalue weighted by Crippen LogP contribution is -2.33. The van der Waals surface area contributed by atoms with Crippen LogP contribution in [0.25, 0.3) is 0 Å². The normalized spacial score (nSPS) is 21.8. The van der Waals surface area contributed by atoms with Crippen LogP contribution >= 0.6 is 11.6 Å². The molecule has 0 radical (unpaired) electrons. The molecule has 1 aliphatic heterocycles. The highest BCUT2D eigenvalue weighted by atomic mass is 35.5. The second-order valence-corrected chi connectivity index (χ2v) is 6.27. The molecular formula is C14H18ClN3O2. The average molecular weight is 296 g/mol. The van der Waals surface area contributed by atoms with Gasteiger partial charge in [0.1, 0.15) is 0 Å². The van der Waals surface area contributed by atoms with E-state index in [0.717, 1.165) is 18.7 Å². The van der Waals surface area contributed by atoms with Crippen molar-refractivity contribution >= 4 is 29.3 Å². The third-order valence-electron chi connectivity index (χ3n) is 3.32. The van der Waals surface area contributed by atoms with E-state index in [9.17, 15) is 10.1 Å². The number of anilines is 1. The van der Waals surface area contributed by atoms with E-state index in [1.807, 2.05) is 4.90 Å². The molecule has 0 spiro atoms. The van der Waals surface area contributed by atoms with Crippen LogP contribution in [0.3, 0.4) is 0 Å². The van der Waals surface area contributed by atoms with Crippen molar-refractivity contribution in [2.75, 3.05) is 11.4 Å². The van der Waals surface area contributed by atoms with Gasteiger partial charge in [0, 0.05) is 18.7 Å². The molecule has 2 rings (SSSR count). The fraction of sp³-hybridized carbons (Fsp3) is 0.500. The number of nitro benzene ring substituents is 1. The molecule has 6 heteroatoms. The summed E-state index contributed by atoms with van der Waals surface area (Å²) >= 11 is 6.14. The minimum absolute atomic E-state index is 0.000159. The fourth-order valence-corrected chi connectivity index (χ4v) is 2.93. The van der Waals surface area contributed by atoms with Gasteiger partial charge in [-0.25, -0.2) is 0 Å². The van der Waals surface area contributed by atoms with Gasteiger partial charge >= 0.3 is 0 Å². The van der Waals surface area contributed by atoms with E-state index in [1.165, 1.54) is 12.1 Å². The lowest BCUT2D eigenvalue weighted by atomic mass is 9.92. The van der Waals surface area contributed by atoms with Gasteiger partial charge in [-0.05, 0) is 25.3 Å². The van der Waals surface area contributed by atoms with E-state index in [4.69, 9.17) is 11.6 Å². The van der Waals surface area contributed by atoms with E-state index < -0.39 is 4.92 Å². The molecule has 0 unspecified atom stereocenters. The predicted octanol–water partition coefficient (Wildman–Crippen LogP) is 3.90. The molecule has 1 aromatic rings. The Balaban J connectivity index is 2.19. The number of benzene rings is 1. The minimum atomic E-state index is -0.448. The largest absolute Gasteiger partial charge is 0.329 e. The maximum atomic E-state index is 10.7. The molecule has 0 bridgehead atoms. The van der Waals surface area contributed by atoms with Crippen molar-refractivity contribution in [3.8, 4) is 0 Å². The van der Waals surface area contributed by atoms with E-state index in [2.05, 4.69) is 25.8 Å². The highest BCUT2D eigenvalue weighted by Crippen LogP contribution is 2.34. The topological polar surface area (TPSA) is 58.7 Å². The molecule has 0 aliphatic carbocycles. The van der Waals surface area contributed by atoms with Crippen LogP contribution in [0.5, 0.6) is 0 Å². The van der Waals surface area contributed by atoms with Gasteiger partial charge in [-0.15, -0.1) is 0 Å². The highest BCUT2D eigenvalue weighted by molar-refractivity contribution is 6.33. The third kappa shape index (κ3) is 3.10. The van der Waals surface area contributed by atoms with Crippen LogP contribution in [0, 0.1) is 16.0 Å². The van der Waals surface area contributed by atoms with E-state index in [-0.39, 0.29) is 11.2 Å². The van der Waals surface area contributed by atoms with Gasteiger partial charge in [0.2, 0.25) is 0 Å². The SMILES string of the molecule is CC(C)C[C@@]1(C)CN(c2ccc([N+](=O)[O-])cc2Cl)C=N1. The van der Waals surface area contributed by atoms with Crippen LogP contribution in [0.15, 0.2) is 23.2 Å². The summed E-state index contributed by atoms with van der Waals surface area (Å²) in [5.41, 5.74) is 0.632. The Bertz CT molecular complexity index is 559. The van der Waals surface area contributed by atoms with Gasteiger partial charge in [-0.1, -0.05) is 25.4 Å². The minimum Gasteiger partial charge on any atom is -0.329 e. The van der Waals surface area contributed by atoms with Crippen LogP contribution in [0.4, 0.5) is 11.4 Å². The van der Waals surface area contributed by atoms with E-state index in [1.54, 1.807) is 12.4 Å². The Kier molecular flexibility index (Phi) is 3.99. The maximum absolute atomic E-state index is 10.7. The van der Waals surface area contributed by atoms with Crippen molar-refractivity contribution in [1.29, 1.82) is 0 Å². The van der Waals surface area contributed by atoms with Gasteiger partial charge in [0.25, 0.3) is 5.69 Å². The van der Waals surface area contributed by atoms with Gasteiger partial charge in [-0.3, -0.25) is 15.1 Å². The Labute approximate surface area is 123 Å². The van der Waals surface area contributed by atoms with E-state index >= 15 is 0 Å². The van der Waals surface area contributed by atoms with Gasteiger partial charge in [-0.2, -0.15) is 0 Å². The Morgan fingerprint density at radius 2 is 2.25 bits per heavy atom. The van der Waals surface area contributed by atoms with E-state index in [0.29, 0.717) is 10.9 Å². The number of halogens is 1. The zero-order valence-electron chi connectivity index (χ0n) is 11.8. The molecule has 1 atom stereocenters. The first-order chi connectivity index (χ1) is 9.31. The first-order valence-electron chi connectivity index (χ1n) is 6.57. The molecule has 0 aromatic heterocycles. The smallest absolute Gasteiger partial charge is 0.271 e. The molecule has 108 valence electrons. The van der Waals surface area contributed by atoms with Gasteiger partial charge in [0.05, 0.1) is 27.5 Å². The van der Waals surface area contributed by atoms with Crippen molar-refractivity contribution in [2.45, 2.75) is 32.7 Å². The second kappa shape index (κ2) is 5.40. The number of aliphatic imine (C=N–C) groups is 1. The summed E-state index contributed by atoms with van der Waals surface area (Å²) in [4.78, 5) is 16.8. The Morgan fingerprint density at radius 3 is 2.80 bits per heavy atom. The van der Waals surface area contributed by atoms with Crippen molar-refractivity contribution in [2.24, 2.45) is 10.9 Å². The summed E-state index contributed by atoms with van der Waals surface area (Å²) < 4.78 is 0. The third-order valence-corrected chi connectivity index (χ3v) is 3.62. The number of nitrogens with zero attached hydrogens (tertiary/aromatic N) is 3. The Morgan fingerprint density at radius 1 is 1.55 bits per heavy atom. The summed E-state index contributed by atoms with van der Waals surface area (Å²) in [7, 11) is 0. The van der Waals surface area contributed by atoms with Crippen LogP contribution in [-0.4, -0.2) is 23.3 Å². The number of nitro groups is 1. The molecule has 0 saturated carbocycles. The zero-order valence-corrected chi connectivity index (χ0v) is 12.6. The van der Waals surface area contributed by atoms with Crippen LogP contribution < -0.4 is 4.90 Å². The number of hydrogen-bond donors (Lipinski definition) is 0. The number of hydrogen-bond acceptors (Lipinski definition) is 4. The molecule has 1 aromatic carbocycles. The quantitative estimate of drug-likeness (QED) is 0.625. The number of non-ortho nitro benzene ring substituents is 1. The van der Waals surface area contributed by atoms with Crippen LogP contribution in [-0.2, 0) is 0 Å². The summed E-state index contributed by atoms with van der Waals surface area (Å²) in [6.45, 7) is 7.19. The molecule has 0 fully saturated rings. The summed E-state index contributed by atoms with van der Waals surface area (Å²) in [6.07, 6.45) is 2.76. The predicted molar refractivity (Wildman–Crippen MR) is 81.8 cm³/mol. The molecule has 1 heterocycles. The molecular weight excluding hydrogens is 278 g/mol. The highest BCUT2D eigenvalue weighted by Gasteiger charge is 2.32. The molecule has 5 nitrogen and oxygen atoms in total. The van der Waals surface area contributed by atoms with Crippen molar-refractivity contribution < 1.29 is 4.92 Å². The summed E-state index contributed by atoms with van der Waals surface area (Å²) in [5, 5.41) is 11.1. The molecule has 0 saturated heterocycles. The fourth-order valence-electron chi connectivity index (χ4n) is 2.64. The average Bonchev–Trinajstić information content (AvgIpc) is 2.69. The lowest BCUT2D eigenvalue weighted by Gasteiger charge is -2.25. The van der Waals surface area contributed by atoms with Crippen molar-refractivity contribution in [3.63, 3.8) is 0 Å². The lowest BCUT2D eigenvalue weighted by molar-refractivity contribution is -0.384. The summed E-state index contributed by atoms with van der Waals surface area (Å²) in [6, 6.07) is 4.52. The first kappa shape index (κ1) is 14.8. The maximum Gasteiger partial charge on any atom is 0.271 e. The first-order valence-corrected chi connectivity index (χ1v) is 6.94. The summed E-state index contributed by atoms with van der Waals surface area (Å²) in [5.74, 6) is 0.560. The molecule has 0 N–H and O–H groups in total. The molecule has 20 heavy (non-hydrogen) atoms. The molecule has 1 aliphatic rings. The van der Waals surface area contributed by atoms with Gasteiger partial charge < -0.3 is 4.90 Å². The monoisotopic (exact) mass is 295 g/mol. The van der Waals surface area contributed by atoms with Crippen LogP contribution in [0.1, 0.15) is 27.2 Å². The van der Waals surface area contributed by atoms with Crippen molar-refractivity contribution in [1.82, 2.24) is 0 Å².